The van der Waals surface area contributed by atoms with Gasteiger partial charge >= 0.3 is 0 Å². The van der Waals surface area contributed by atoms with Crippen molar-refractivity contribution >= 4 is 33.2 Å². The Morgan fingerprint density at radius 3 is 2.41 bits per heavy atom. The molecule has 0 spiro atoms. The van der Waals surface area contributed by atoms with Crippen molar-refractivity contribution < 1.29 is 22.0 Å². The summed E-state index contributed by atoms with van der Waals surface area (Å²) in [6.45, 7) is 0.206. The Labute approximate surface area is 161 Å². The van der Waals surface area contributed by atoms with Crippen LogP contribution in [0.4, 0.5) is 14.5 Å². The van der Waals surface area contributed by atoms with Crippen LogP contribution < -0.4 is 5.32 Å². The third-order valence-corrected chi connectivity index (χ3v) is 6.71. The molecule has 0 radical (unpaired) electrons. The van der Waals surface area contributed by atoms with Crippen LogP contribution >= 0.6 is 11.6 Å². The summed E-state index contributed by atoms with van der Waals surface area (Å²) in [4.78, 5) is 12.0. The summed E-state index contributed by atoms with van der Waals surface area (Å²) in [6.07, 6.45) is 0.580. The predicted octanol–water partition coefficient (Wildman–Crippen LogP) is 3.66. The number of carbonyl (C=O) groups is 1. The van der Waals surface area contributed by atoms with Gasteiger partial charge in [-0.1, -0.05) is 23.7 Å². The molecule has 3 rings (SSSR count). The maximum atomic E-state index is 13.8. The monoisotopic (exact) mass is 414 g/mol. The van der Waals surface area contributed by atoms with Crippen LogP contribution in [0, 0.1) is 17.6 Å². The normalized spacial score (nSPS) is 16.3. The van der Waals surface area contributed by atoms with E-state index in [-0.39, 0.29) is 28.9 Å². The second kappa shape index (κ2) is 7.92. The lowest BCUT2D eigenvalue weighted by atomic mass is 9.97. The van der Waals surface area contributed by atoms with Gasteiger partial charge in [0.2, 0.25) is 15.9 Å². The smallest absolute Gasteiger partial charge is 0.245 e. The van der Waals surface area contributed by atoms with E-state index in [4.69, 9.17) is 11.6 Å². The van der Waals surface area contributed by atoms with Gasteiger partial charge in [0.05, 0.1) is 10.7 Å². The van der Waals surface area contributed by atoms with E-state index in [0.717, 1.165) is 12.1 Å². The highest BCUT2D eigenvalue weighted by Gasteiger charge is 2.33. The van der Waals surface area contributed by atoms with Crippen molar-refractivity contribution in [3.05, 3.63) is 59.1 Å². The largest absolute Gasteiger partial charge is 0.325 e. The standard InChI is InChI=1S/C18H17ClF2N2O3S/c19-14-11-13(20)5-6-16(14)22-18(24)12-7-9-23(10-8-12)27(25,26)17-4-2-1-3-15(17)21/h1-6,11-12H,7-10H2,(H,22,24). The Hall–Kier alpha value is -2.03. The highest BCUT2D eigenvalue weighted by molar-refractivity contribution is 7.89. The molecule has 0 atom stereocenters. The number of benzene rings is 2. The van der Waals surface area contributed by atoms with Crippen molar-refractivity contribution in [2.45, 2.75) is 17.7 Å². The average molecular weight is 415 g/mol. The van der Waals surface area contributed by atoms with E-state index < -0.39 is 27.6 Å². The van der Waals surface area contributed by atoms with Gasteiger partial charge in [0, 0.05) is 19.0 Å². The molecule has 9 heteroatoms. The van der Waals surface area contributed by atoms with Crippen LogP contribution in [0.3, 0.4) is 0 Å². The lowest BCUT2D eigenvalue weighted by Crippen LogP contribution is -2.41. The van der Waals surface area contributed by atoms with Gasteiger partial charge in [-0.3, -0.25) is 4.79 Å². The van der Waals surface area contributed by atoms with Crippen molar-refractivity contribution in [1.82, 2.24) is 4.31 Å². The number of hydrogen-bond acceptors (Lipinski definition) is 3. The molecule has 2 aromatic rings. The van der Waals surface area contributed by atoms with Crippen LogP contribution in [-0.4, -0.2) is 31.7 Å². The zero-order chi connectivity index (χ0) is 19.6. The number of nitrogens with zero attached hydrogens (tertiary/aromatic N) is 1. The first-order valence-electron chi connectivity index (χ1n) is 8.29. The zero-order valence-electron chi connectivity index (χ0n) is 14.2. The van der Waals surface area contributed by atoms with E-state index in [0.29, 0.717) is 18.5 Å². The van der Waals surface area contributed by atoms with Gasteiger partial charge in [-0.05, 0) is 43.2 Å². The molecule has 5 nitrogen and oxygen atoms in total. The van der Waals surface area contributed by atoms with Crippen LogP contribution in [0.15, 0.2) is 47.4 Å². The number of hydrogen-bond donors (Lipinski definition) is 1. The summed E-state index contributed by atoms with van der Waals surface area (Å²) in [5, 5.41) is 2.72. The fourth-order valence-corrected chi connectivity index (χ4v) is 4.73. The molecular formula is C18H17ClF2N2O3S. The van der Waals surface area contributed by atoms with Crippen LogP contribution in [0.2, 0.25) is 5.02 Å². The predicted molar refractivity (Wildman–Crippen MR) is 97.9 cm³/mol. The average Bonchev–Trinajstić information content (AvgIpc) is 2.64. The molecule has 0 aromatic heterocycles. The van der Waals surface area contributed by atoms with E-state index in [2.05, 4.69) is 5.32 Å². The van der Waals surface area contributed by atoms with E-state index in [9.17, 15) is 22.0 Å². The summed E-state index contributed by atoms with van der Waals surface area (Å²) < 4.78 is 53.3. The third-order valence-electron chi connectivity index (χ3n) is 4.47. The first-order chi connectivity index (χ1) is 12.8. The topological polar surface area (TPSA) is 66.5 Å². The molecule has 144 valence electrons. The van der Waals surface area contributed by atoms with Crippen molar-refractivity contribution in [3.8, 4) is 0 Å². The van der Waals surface area contributed by atoms with Crippen LogP contribution in [-0.2, 0) is 14.8 Å². The number of sulfonamides is 1. The molecular weight excluding hydrogens is 398 g/mol. The first kappa shape index (κ1) is 19.7. The van der Waals surface area contributed by atoms with Crippen molar-refractivity contribution in [3.63, 3.8) is 0 Å². The number of piperidine rings is 1. The summed E-state index contributed by atoms with van der Waals surface area (Å²) in [5.74, 6) is -2.04. The number of anilines is 1. The Balaban J connectivity index is 1.65. The molecule has 0 aliphatic carbocycles. The van der Waals surface area contributed by atoms with Crippen molar-refractivity contribution in [2.24, 2.45) is 5.92 Å². The molecule has 1 saturated heterocycles. The van der Waals surface area contributed by atoms with Gasteiger partial charge in [0.1, 0.15) is 16.5 Å². The summed E-state index contributed by atoms with van der Waals surface area (Å²) in [5.41, 5.74) is 0.296. The molecule has 0 saturated carbocycles. The Morgan fingerprint density at radius 2 is 1.78 bits per heavy atom. The molecule has 1 aliphatic heterocycles. The van der Waals surface area contributed by atoms with E-state index >= 15 is 0 Å². The lowest BCUT2D eigenvalue weighted by Gasteiger charge is -2.30. The minimum Gasteiger partial charge on any atom is -0.325 e. The van der Waals surface area contributed by atoms with Crippen LogP contribution in [0.5, 0.6) is 0 Å². The van der Waals surface area contributed by atoms with Gasteiger partial charge in [0.25, 0.3) is 0 Å². The number of amides is 1. The summed E-state index contributed by atoms with van der Waals surface area (Å²) >= 11 is 5.90. The quantitative estimate of drug-likeness (QED) is 0.830. The maximum Gasteiger partial charge on any atom is 0.245 e. The summed E-state index contributed by atoms with van der Waals surface area (Å²) in [6, 6.07) is 8.85. The van der Waals surface area contributed by atoms with Crippen LogP contribution in [0.1, 0.15) is 12.8 Å². The van der Waals surface area contributed by atoms with E-state index in [1.807, 2.05) is 0 Å². The fourth-order valence-electron chi connectivity index (χ4n) is 2.98. The van der Waals surface area contributed by atoms with Gasteiger partial charge in [0.15, 0.2) is 0 Å². The van der Waals surface area contributed by atoms with E-state index in [1.165, 1.54) is 34.6 Å². The van der Waals surface area contributed by atoms with Gasteiger partial charge < -0.3 is 5.32 Å². The van der Waals surface area contributed by atoms with Gasteiger partial charge in [-0.2, -0.15) is 4.31 Å². The first-order valence-corrected chi connectivity index (χ1v) is 10.1. The molecule has 1 aliphatic rings. The molecule has 2 aromatic carbocycles. The Bertz CT molecular complexity index is 961. The lowest BCUT2D eigenvalue weighted by molar-refractivity contribution is -0.120. The Kier molecular flexibility index (Phi) is 5.78. The maximum absolute atomic E-state index is 13.8. The third kappa shape index (κ3) is 4.28. The van der Waals surface area contributed by atoms with Crippen LogP contribution in [0.25, 0.3) is 0 Å². The number of halogens is 3. The molecule has 27 heavy (non-hydrogen) atoms. The minimum atomic E-state index is -3.95. The molecule has 0 unspecified atom stereocenters. The molecule has 0 bridgehead atoms. The summed E-state index contributed by atoms with van der Waals surface area (Å²) in [7, 11) is -3.95. The molecule has 1 N–H and O–H groups in total. The van der Waals surface area contributed by atoms with Gasteiger partial charge in [-0.15, -0.1) is 0 Å². The van der Waals surface area contributed by atoms with Gasteiger partial charge in [-0.25, -0.2) is 17.2 Å². The molecule has 1 heterocycles. The number of nitrogens with one attached hydrogen (secondary N) is 1. The highest BCUT2D eigenvalue weighted by atomic mass is 35.5. The second-order valence-corrected chi connectivity index (χ2v) is 8.54. The van der Waals surface area contributed by atoms with Crippen molar-refractivity contribution in [2.75, 3.05) is 18.4 Å². The van der Waals surface area contributed by atoms with E-state index in [1.54, 1.807) is 0 Å². The SMILES string of the molecule is O=C(Nc1ccc(F)cc1Cl)C1CCN(S(=O)(=O)c2ccccc2F)CC1. The second-order valence-electron chi connectivity index (χ2n) is 6.22. The Morgan fingerprint density at radius 1 is 1.11 bits per heavy atom. The number of carbonyl (C=O) groups excluding carboxylic acids is 1. The van der Waals surface area contributed by atoms with Crippen molar-refractivity contribution in [1.29, 1.82) is 0 Å². The zero-order valence-corrected chi connectivity index (χ0v) is 15.7. The number of rotatable bonds is 4. The molecule has 1 amide bonds. The highest BCUT2D eigenvalue weighted by Crippen LogP contribution is 2.28. The minimum absolute atomic E-state index is 0.0860. The fraction of sp³-hybridized carbons (Fsp3) is 0.278. The molecule has 1 fully saturated rings.